The van der Waals surface area contributed by atoms with Gasteiger partial charge in [-0.25, -0.2) is 17.5 Å². The van der Waals surface area contributed by atoms with Crippen molar-refractivity contribution in [3.05, 3.63) is 59.9 Å². The zero-order valence-corrected chi connectivity index (χ0v) is 17.3. The van der Waals surface area contributed by atoms with Gasteiger partial charge in [0, 0.05) is 44.0 Å². The van der Waals surface area contributed by atoms with Crippen LogP contribution < -0.4 is 9.62 Å². The first-order valence-electron chi connectivity index (χ1n) is 9.80. The summed E-state index contributed by atoms with van der Waals surface area (Å²) in [7, 11) is -3.63. The highest BCUT2D eigenvalue weighted by molar-refractivity contribution is 7.89. The van der Waals surface area contributed by atoms with Crippen LogP contribution in [0.15, 0.2) is 53.4 Å². The van der Waals surface area contributed by atoms with E-state index in [0.29, 0.717) is 38.3 Å². The summed E-state index contributed by atoms with van der Waals surface area (Å²) in [6.07, 6.45) is 1.65. The molecule has 156 valence electrons. The first kappa shape index (κ1) is 21.3. The Hall–Kier alpha value is -2.45. The van der Waals surface area contributed by atoms with E-state index in [2.05, 4.69) is 9.62 Å². The topological polar surface area (TPSA) is 69.7 Å². The van der Waals surface area contributed by atoms with Crippen LogP contribution in [0.1, 0.15) is 30.1 Å². The zero-order chi connectivity index (χ0) is 20.9. The van der Waals surface area contributed by atoms with Gasteiger partial charge < -0.3 is 9.80 Å². The van der Waals surface area contributed by atoms with Crippen molar-refractivity contribution in [2.75, 3.05) is 37.6 Å². The molecule has 3 rings (SSSR count). The number of carbonyl (C=O) groups excluding carboxylic acids is 1. The van der Waals surface area contributed by atoms with Gasteiger partial charge in [-0.2, -0.15) is 0 Å². The van der Waals surface area contributed by atoms with E-state index in [0.717, 1.165) is 18.5 Å². The van der Waals surface area contributed by atoms with Crippen LogP contribution in [-0.2, 0) is 10.0 Å². The summed E-state index contributed by atoms with van der Waals surface area (Å²) in [5.41, 5.74) is 1.28. The van der Waals surface area contributed by atoms with Gasteiger partial charge in [0.2, 0.25) is 10.0 Å². The first-order valence-corrected chi connectivity index (χ1v) is 11.3. The lowest BCUT2D eigenvalue weighted by Crippen LogP contribution is -2.48. The van der Waals surface area contributed by atoms with Crippen molar-refractivity contribution in [3.8, 4) is 0 Å². The highest BCUT2D eigenvalue weighted by Gasteiger charge is 2.23. The van der Waals surface area contributed by atoms with E-state index in [1.54, 1.807) is 29.2 Å². The maximum absolute atomic E-state index is 13.1. The number of carbonyl (C=O) groups is 1. The Morgan fingerprint density at radius 1 is 1.07 bits per heavy atom. The molecule has 2 aromatic carbocycles. The highest BCUT2D eigenvalue weighted by atomic mass is 32.2. The van der Waals surface area contributed by atoms with Crippen LogP contribution in [0.25, 0.3) is 0 Å². The molecule has 2 aromatic rings. The molecule has 0 aromatic heterocycles. The summed E-state index contributed by atoms with van der Waals surface area (Å²) in [6.45, 7) is 4.66. The second-order valence-electron chi connectivity index (χ2n) is 7.03. The average Bonchev–Trinajstić information content (AvgIpc) is 2.74. The van der Waals surface area contributed by atoms with Crippen LogP contribution in [0.3, 0.4) is 0 Å². The lowest BCUT2D eigenvalue weighted by Gasteiger charge is -2.36. The van der Waals surface area contributed by atoms with Crippen molar-refractivity contribution < 1.29 is 17.6 Å². The van der Waals surface area contributed by atoms with Crippen molar-refractivity contribution in [3.63, 3.8) is 0 Å². The Balaban J connectivity index is 1.64. The zero-order valence-electron chi connectivity index (χ0n) is 16.5. The van der Waals surface area contributed by atoms with E-state index in [-0.39, 0.29) is 16.6 Å². The number of nitrogens with zero attached hydrogens (tertiary/aromatic N) is 2. The molecule has 1 amide bonds. The van der Waals surface area contributed by atoms with Gasteiger partial charge in [0.05, 0.1) is 4.90 Å². The number of amides is 1. The van der Waals surface area contributed by atoms with Gasteiger partial charge in [0.25, 0.3) is 5.91 Å². The van der Waals surface area contributed by atoms with Crippen LogP contribution in [0.2, 0.25) is 0 Å². The van der Waals surface area contributed by atoms with E-state index in [1.807, 2.05) is 6.92 Å². The van der Waals surface area contributed by atoms with Crippen LogP contribution in [-0.4, -0.2) is 51.9 Å². The normalized spacial score (nSPS) is 14.8. The highest BCUT2D eigenvalue weighted by Crippen LogP contribution is 2.19. The summed E-state index contributed by atoms with van der Waals surface area (Å²) in [6, 6.07) is 12.5. The Bertz CT molecular complexity index is 940. The molecule has 1 fully saturated rings. The molecule has 0 saturated carbocycles. The van der Waals surface area contributed by atoms with E-state index in [1.165, 1.54) is 24.3 Å². The van der Waals surface area contributed by atoms with Gasteiger partial charge in [-0.05, 0) is 48.9 Å². The third kappa shape index (κ3) is 5.33. The maximum atomic E-state index is 13.1. The Labute approximate surface area is 171 Å². The van der Waals surface area contributed by atoms with Crippen LogP contribution in [0.5, 0.6) is 0 Å². The predicted molar refractivity (Wildman–Crippen MR) is 111 cm³/mol. The Morgan fingerprint density at radius 2 is 1.76 bits per heavy atom. The average molecular weight is 420 g/mol. The minimum Gasteiger partial charge on any atom is -0.368 e. The second kappa shape index (κ2) is 9.37. The lowest BCUT2D eigenvalue weighted by atomic mass is 10.1. The van der Waals surface area contributed by atoms with Crippen molar-refractivity contribution >= 4 is 21.6 Å². The molecular weight excluding hydrogens is 393 g/mol. The first-order chi connectivity index (χ1) is 13.9. The summed E-state index contributed by atoms with van der Waals surface area (Å²) in [4.78, 5) is 16.8. The Morgan fingerprint density at radius 3 is 2.41 bits per heavy atom. The molecule has 8 heteroatoms. The lowest BCUT2D eigenvalue weighted by molar-refractivity contribution is 0.0746. The number of sulfonamides is 1. The maximum Gasteiger partial charge on any atom is 0.254 e. The smallest absolute Gasteiger partial charge is 0.254 e. The van der Waals surface area contributed by atoms with Crippen molar-refractivity contribution in [1.29, 1.82) is 0 Å². The number of rotatable bonds is 7. The quantitative estimate of drug-likeness (QED) is 0.701. The standard InChI is InChI=1S/C21H26FN3O3S/c1-2-3-11-23-29(27,28)20-6-4-5-17(16-20)21(26)25-14-12-24(13-15-25)19-9-7-18(22)8-10-19/h4-10,16,23H,2-3,11-15H2,1H3. The minimum absolute atomic E-state index is 0.101. The molecule has 1 heterocycles. The van der Waals surface area contributed by atoms with Gasteiger partial charge in [-0.15, -0.1) is 0 Å². The molecule has 1 aliphatic heterocycles. The molecule has 29 heavy (non-hydrogen) atoms. The molecule has 1 saturated heterocycles. The van der Waals surface area contributed by atoms with Crippen molar-refractivity contribution in [1.82, 2.24) is 9.62 Å². The van der Waals surface area contributed by atoms with Crippen LogP contribution >= 0.6 is 0 Å². The largest absolute Gasteiger partial charge is 0.368 e. The SMILES string of the molecule is CCCCNS(=O)(=O)c1cccc(C(=O)N2CCN(c3ccc(F)cc3)CC2)c1. The fraction of sp³-hybridized carbons (Fsp3) is 0.381. The van der Waals surface area contributed by atoms with Gasteiger partial charge >= 0.3 is 0 Å². The summed E-state index contributed by atoms with van der Waals surface area (Å²) in [5, 5.41) is 0. The van der Waals surface area contributed by atoms with Crippen molar-refractivity contribution in [2.24, 2.45) is 0 Å². The van der Waals surface area contributed by atoms with Gasteiger partial charge in [-0.1, -0.05) is 19.4 Å². The molecule has 0 atom stereocenters. The molecule has 6 nitrogen and oxygen atoms in total. The number of anilines is 1. The number of piperazine rings is 1. The van der Waals surface area contributed by atoms with Crippen molar-refractivity contribution in [2.45, 2.75) is 24.7 Å². The summed E-state index contributed by atoms with van der Waals surface area (Å²) >= 11 is 0. The molecule has 0 radical (unpaired) electrons. The molecule has 0 unspecified atom stereocenters. The number of hydrogen-bond donors (Lipinski definition) is 1. The number of hydrogen-bond acceptors (Lipinski definition) is 4. The molecule has 0 bridgehead atoms. The van der Waals surface area contributed by atoms with E-state index < -0.39 is 10.0 Å². The fourth-order valence-corrected chi connectivity index (χ4v) is 4.38. The van der Waals surface area contributed by atoms with Gasteiger partial charge in [-0.3, -0.25) is 4.79 Å². The fourth-order valence-electron chi connectivity index (χ4n) is 3.27. The molecular formula is C21H26FN3O3S. The molecule has 0 aliphatic carbocycles. The molecule has 1 aliphatic rings. The monoisotopic (exact) mass is 419 g/mol. The van der Waals surface area contributed by atoms with Gasteiger partial charge in [0.15, 0.2) is 0 Å². The van der Waals surface area contributed by atoms with E-state index >= 15 is 0 Å². The molecule has 0 spiro atoms. The van der Waals surface area contributed by atoms with E-state index in [9.17, 15) is 17.6 Å². The molecule has 1 N–H and O–H groups in total. The predicted octanol–water partition coefficient (Wildman–Crippen LogP) is 2.87. The number of nitrogens with one attached hydrogen (secondary N) is 1. The van der Waals surface area contributed by atoms with E-state index in [4.69, 9.17) is 0 Å². The summed E-state index contributed by atoms with van der Waals surface area (Å²) in [5.74, 6) is -0.462. The number of unbranched alkanes of at least 4 members (excludes halogenated alkanes) is 1. The second-order valence-corrected chi connectivity index (χ2v) is 8.80. The van der Waals surface area contributed by atoms with Crippen LogP contribution in [0.4, 0.5) is 10.1 Å². The Kier molecular flexibility index (Phi) is 6.87. The summed E-state index contributed by atoms with van der Waals surface area (Å²) < 4.78 is 40.5. The number of benzene rings is 2. The third-order valence-corrected chi connectivity index (χ3v) is 6.43. The third-order valence-electron chi connectivity index (χ3n) is 4.97. The van der Waals surface area contributed by atoms with Crippen LogP contribution in [0, 0.1) is 5.82 Å². The van der Waals surface area contributed by atoms with Gasteiger partial charge in [0.1, 0.15) is 5.82 Å². The number of halogens is 1. The minimum atomic E-state index is -3.63.